The van der Waals surface area contributed by atoms with Gasteiger partial charge in [-0.25, -0.2) is 22.9 Å². The maximum atomic E-state index is 15.0. The van der Waals surface area contributed by atoms with Gasteiger partial charge in [-0.3, -0.25) is 4.99 Å². The lowest BCUT2D eigenvalue weighted by atomic mass is 9.91. The molecule has 0 fully saturated rings. The first-order valence-electron chi connectivity index (χ1n) is 10.0. The molecule has 33 heavy (non-hydrogen) atoms. The van der Waals surface area contributed by atoms with Crippen molar-refractivity contribution < 1.29 is 13.1 Å². The molecule has 3 aromatic rings. The Labute approximate surface area is 190 Å². The van der Waals surface area contributed by atoms with E-state index in [-0.39, 0.29) is 23.0 Å². The molecule has 1 unspecified atom stereocenters. The number of rotatable bonds is 3. The smallest absolute Gasteiger partial charge is 0.181 e. The first-order valence-corrected chi connectivity index (χ1v) is 11.7. The Morgan fingerprint density at radius 2 is 1.94 bits per heavy atom. The molecule has 9 nitrogen and oxygen atoms in total. The standard InChI is InChI=1S/C22H22FN7O2S/c1-21(2)20(25)29-22(3,12-33(21,31)26-4)15-7-14(5-6-16(15)23)18-8-17(30-32-18)19-27-10-13(9-24)11-28-19/h5-8,10-11H,12H2,1-4H3,(H2,25,29)/t22-,33?/m0/s1. The molecule has 2 aromatic heterocycles. The minimum atomic E-state index is -2.82. The number of nitrogens with zero attached hydrogens (tertiary/aromatic N) is 6. The molecule has 0 spiro atoms. The number of amidine groups is 1. The molecule has 0 radical (unpaired) electrons. The second-order valence-electron chi connectivity index (χ2n) is 8.43. The number of nitrogens with two attached hydrogens (primary N) is 1. The lowest BCUT2D eigenvalue weighted by molar-refractivity contribution is 0.434. The van der Waals surface area contributed by atoms with E-state index in [9.17, 15) is 4.21 Å². The van der Waals surface area contributed by atoms with Crippen LogP contribution in [-0.2, 0) is 15.3 Å². The third-order valence-electron chi connectivity index (χ3n) is 5.90. The van der Waals surface area contributed by atoms with Gasteiger partial charge in [0.25, 0.3) is 0 Å². The van der Waals surface area contributed by atoms with Gasteiger partial charge in [-0.15, -0.1) is 0 Å². The Balaban J connectivity index is 1.77. The third-order valence-corrected chi connectivity index (χ3v) is 9.25. The molecule has 4 rings (SSSR count). The minimum Gasteiger partial charge on any atom is -0.386 e. The van der Waals surface area contributed by atoms with Gasteiger partial charge in [0.05, 0.1) is 21.0 Å². The van der Waals surface area contributed by atoms with Crippen LogP contribution < -0.4 is 5.73 Å². The second-order valence-corrected chi connectivity index (χ2v) is 11.4. The Morgan fingerprint density at radius 3 is 2.58 bits per heavy atom. The Bertz CT molecular complexity index is 1430. The van der Waals surface area contributed by atoms with Crippen LogP contribution in [0.2, 0.25) is 0 Å². The van der Waals surface area contributed by atoms with Gasteiger partial charge in [-0.1, -0.05) is 5.16 Å². The fourth-order valence-electron chi connectivity index (χ4n) is 3.71. The third kappa shape index (κ3) is 3.66. The SMILES string of the molecule is CN=S1(=O)C[C@@](C)(c2cc(-c3cc(-c4ncc(C#N)cn4)no3)ccc2F)N=C(N)C1(C)C. The van der Waals surface area contributed by atoms with Gasteiger partial charge in [-0.05, 0) is 39.0 Å². The number of nitriles is 1. The summed E-state index contributed by atoms with van der Waals surface area (Å²) in [6.07, 6.45) is 2.77. The van der Waals surface area contributed by atoms with Gasteiger partial charge >= 0.3 is 0 Å². The van der Waals surface area contributed by atoms with Gasteiger partial charge in [0.15, 0.2) is 17.3 Å². The van der Waals surface area contributed by atoms with Crippen molar-refractivity contribution in [3.05, 3.63) is 53.6 Å². The van der Waals surface area contributed by atoms with Crippen LogP contribution in [0.4, 0.5) is 4.39 Å². The van der Waals surface area contributed by atoms with Crippen molar-refractivity contribution in [3.8, 4) is 28.9 Å². The van der Waals surface area contributed by atoms with Crippen LogP contribution >= 0.6 is 0 Å². The van der Waals surface area contributed by atoms with Crippen LogP contribution in [0, 0.1) is 17.1 Å². The predicted octanol–water partition coefficient (Wildman–Crippen LogP) is 3.27. The highest BCUT2D eigenvalue weighted by molar-refractivity contribution is 7.95. The normalized spacial score (nSPS) is 24.1. The van der Waals surface area contributed by atoms with E-state index in [0.29, 0.717) is 22.6 Å². The highest BCUT2D eigenvalue weighted by Gasteiger charge is 2.47. The molecule has 1 aliphatic rings. The van der Waals surface area contributed by atoms with Crippen molar-refractivity contribution in [1.82, 2.24) is 15.1 Å². The number of aliphatic imine (C=N–C) groups is 1. The van der Waals surface area contributed by atoms with Gasteiger partial charge < -0.3 is 10.3 Å². The Kier molecular flexibility index (Phi) is 5.29. The summed E-state index contributed by atoms with van der Waals surface area (Å²) in [4.78, 5) is 12.8. The summed E-state index contributed by atoms with van der Waals surface area (Å²) in [5.74, 6) is 0.319. The molecule has 170 valence electrons. The van der Waals surface area contributed by atoms with Gasteiger partial charge in [0.1, 0.15) is 28.0 Å². The summed E-state index contributed by atoms with van der Waals surface area (Å²) in [6, 6.07) is 8.00. The highest BCUT2D eigenvalue weighted by atomic mass is 32.2. The molecule has 1 aliphatic heterocycles. The van der Waals surface area contributed by atoms with Crippen molar-refractivity contribution in [1.29, 1.82) is 5.26 Å². The summed E-state index contributed by atoms with van der Waals surface area (Å²) in [5.41, 5.74) is 6.46. The van der Waals surface area contributed by atoms with Crippen molar-refractivity contribution in [2.24, 2.45) is 15.1 Å². The molecular weight excluding hydrogens is 445 g/mol. The summed E-state index contributed by atoms with van der Waals surface area (Å²) in [5, 5.41) is 12.9. The summed E-state index contributed by atoms with van der Waals surface area (Å²) < 4.78 is 37.2. The first kappa shape index (κ1) is 22.5. The van der Waals surface area contributed by atoms with Crippen molar-refractivity contribution in [3.63, 3.8) is 0 Å². The van der Waals surface area contributed by atoms with Crippen LogP contribution in [0.3, 0.4) is 0 Å². The fraction of sp³-hybridized carbons (Fsp3) is 0.318. The molecule has 11 heteroatoms. The molecule has 0 bridgehead atoms. The van der Waals surface area contributed by atoms with Gasteiger partial charge in [-0.2, -0.15) is 5.26 Å². The molecule has 0 amide bonds. The molecule has 0 saturated heterocycles. The fourth-order valence-corrected chi connectivity index (χ4v) is 6.02. The average Bonchev–Trinajstić information content (AvgIpc) is 3.28. The maximum absolute atomic E-state index is 15.0. The van der Waals surface area contributed by atoms with Gasteiger partial charge in [0.2, 0.25) is 0 Å². The molecule has 0 aliphatic carbocycles. The Hall–Kier alpha value is -3.65. The Morgan fingerprint density at radius 1 is 1.24 bits per heavy atom. The monoisotopic (exact) mass is 467 g/mol. The van der Waals surface area contributed by atoms with Crippen molar-refractivity contribution in [2.75, 3.05) is 12.8 Å². The zero-order valence-corrected chi connectivity index (χ0v) is 19.4. The molecule has 3 heterocycles. The molecule has 2 atom stereocenters. The van der Waals surface area contributed by atoms with E-state index < -0.39 is 25.8 Å². The van der Waals surface area contributed by atoms with E-state index in [1.54, 1.807) is 39.0 Å². The van der Waals surface area contributed by atoms with Crippen molar-refractivity contribution in [2.45, 2.75) is 31.1 Å². The van der Waals surface area contributed by atoms with E-state index in [2.05, 4.69) is 24.5 Å². The van der Waals surface area contributed by atoms with Crippen LogP contribution in [0.25, 0.3) is 22.8 Å². The van der Waals surface area contributed by atoms with E-state index in [4.69, 9.17) is 15.5 Å². The van der Waals surface area contributed by atoms with Gasteiger partial charge in [0, 0.05) is 36.6 Å². The number of hydrogen-bond donors (Lipinski definition) is 1. The maximum Gasteiger partial charge on any atom is 0.181 e. The largest absolute Gasteiger partial charge is 0.386 e. The van der Waals surface area contributed by atoms with E-state index in [1.807, 2.05) is 6.07 Å². The van der Waals surface area contributed by atoms with Crippen LogP contribution in [-0.4, -0.2) is 42.7 Å². The number of benzene rings is 1. The van der Waals surface area contributed by atoms with E-state index in [1.165, 1.54) is 25.5 Å². The molecule has 0 saturated carbocycles. The summed E-state index contributed by atoms with van der Waals surface area (Å²) >= 11 is 0. The lowest BCUT2D eigenvalue weighted by Gasteiger charge is -2.40. The van der Waals surface area contributed by atoms with Crippen LogP contribution in [0.15, 0.2) is 50.5 Å². The van der Waals surface area contributed by atoms with E-state index >= 15 is 4.39 Å². The first-order chi connectivity index (χ1) is 15.5. The predicted molar refractivity (Wildman–Crippen MR) is 122 cm³/mol. The molecule has 2 N–H and O–H groups in total. The zero-order valence-electron chi connectivity index (χ0n) is 18.5. The number of aromatic nitrogens is 3. The van der Waals surface area contributed by atoms with E-state index in [0.717, 1.165) is 0 Å². The highest BCUT2D eigenvalue weighted by Crippen LogP contribution is 2.40. The summed E-state index contributed by atoms with van der Waals surface area (Å²) in [6.45, 7) is 5.15. The average molecular weight is 468 g/mol. The summed E-state index contributed by atoms with van der Waals surface area (Å²) in [7, 11) is -1.33. The molecule has 1 aromatic carbocycles. The van der Waals surface area contributed by atoms with Crippen LogP contribution in [0.1, 0.15) is 31.9 Å². The number of halogens is 1. The second kappa shape index (κ2) is 7.74. The van der Waals surface area contributed by atoms with Crippen molar-refractivity contribution >= 4 is 15.6 Å². The molecular formula is C22H22FN7O2S. The zero-order chi connectivity index (χ0) is 24.0. The quantitative estimate of drug-likeness (QED) is 0.622. The topological polar surface area (TPSA) is 143 Å². The van der Waals surface area contributed by atoms with Crippen LogP contribution in [0.5, 0.6) is 0 Å². The lowest BCUT2D eigenvalue weighted by Crippen LogP contribution is -2.54. The minimum absolute atomic E-state index is 0.0192. The number of hydrogen-bond acceptors (Lipinski definition) is 9.